The van der Waals surface area contributed by atoms with Crippen molar-refractivity contribution >= 4 is 61.4 Å². The topological polar surface area (TPSA) is 112 Å². The van der Waals surface area contributed by atoms with Gasteiger partial charge in [-0.1, -0.05) is 18.2 Å². The third-order valence-electron chi connectivity index (χ3n) is 7.44. The molecule has 39 heavy (non-hydrogen) atoms. The van der Waals surface area contributed by atoms with E-state index in [1.54, 1.807) is 49.3 Å². The van der Waals surface area contributed by atoms with Crippen molar-refractivity contribution in [2.24, 2.45) is 0 Å². The van der Waals surface area contributed by atoms with E-state index < -0.39 is 29.8 Å². The number of fused-ring (bicyclic) bond motifs is 2. The Balaban J connectivity index is 1.50. The van der Waals surface area contributed by atoms with E-state index in [2.05, 4.69) is 25.3 Å². The molecule has 4 aromatic rings. The van der Waals surface area contributed by atoms with E-state index in [0.717, 1.165) is 10.2 Å². The van der Waals surface area contributed by atoms with Crippen molar-refractivity contribution in [1.29, 1.82) is 0 Å². The standard InChI is InChI=1S/C26H23F3N6O3S/c1-25(30-2)8-9-35(12-17(25)38-26(27,28)29)24-32-15-6-4-3-5-13(15)20(33-24)19-18(22(36)34-23(19)37)14-11-31-16-7-10-39-21(14)16/h3-7,10-11,17,30-31H,8-9,12H2,1-2H3,(H,34,36,37). The number of ether oxygens (including phenoxy) is 1. The number of thiophene rings is 1. The molecule has 0 spiro atoms. The Hall–Kier alpha value is -3.81. The number of piperidine rings is 1. The van der Waals surface area contributed by atoms with Crippen LogP contribution in [0.2, 0.25) is 0 Å². The van der Waals surface area contributed by atoms with Gasteiger partial charge in [-0.15, -0.1) is 24.5 Å². The molecule has 2 atom stereocenters. The average Bonchev–Trinajstić information content (AvgIpc) is 3.58. The highest BCUT2D eigenvalue weighted by molar-refractivity contribution is 7.17. The third kappa shape index (κ3) is 4.36. The zero-order valence-electron chi connectivity index (χ0n) is 20.8. The number of anilines is 1. The third-order valence-corrected chi connectivity index (χ3v) is 8.39. The minimum absolute atomic E-state index is 0.0920. The van der Waals surface area contributed by atoms with Gasteiger partial charge in [-0.25, -0.2) is 9.97 Å². The molecule has 3 aromatic heterocycles. The van der Waals surface area contributed by atoms with Gasteiger partial charge < -0.3 is 15.2 Å². The number of amides is 2. The number of hydrogen-bond donors (Lipinski definition) is 3. The van der Waals surface area contributed by atoms with E-state index >= 15 is 0 Å². The largest absolute Gasteiger partial charge is 0.522 e. The molecule has 5 heterocycles. The maximum absolute atomic E-state index is 13.3. The molecule has 0 radical (unpaired) electrons. The molecular weight excluding hydrogens is 533 g/mol. The number of alkyl halides is 3. The number of likely N-dealkylation sites (N-methyl/N-ethyl adjacent to an activating group) is 1. The van der Waals surface area contributed by atoms with Crippen molar-refractivity contribution in [3.05, 3.63) is 53.2 Å². The summed E-state index contributed by atoms with van der Waals surface area (Å²) in [6, 6.07) is 8.90. The van der Waals surface area contributed by atoms with Crippen LogP contribution in [0, 0.1) is 0 Å². The van der Waals surface area contributed by atoms with Gasteiger partial charge in [-0.05, 0) is 37.9 Å². The number of aromatic nitrogens is 3. The molecule has 6 rings (SSSR count). The number of benzene rings is 1. The predicted molar refractivity (Wildman–Crippen MR) is 141 cm³/mol. The van der Waals surface area contributed by atoms with Crippen molar-refractivity contribution in [3.8, 4) is 0 Å². The lowest BCUT2D eigenvalue weighted by Crippen LogP contribution is -2.62. The Kier molecular flexibility index (Phi) is 5.97. The molecular formula is C26H23F3N6O3S. The van der Waals surface area contributed by atoms with Crippen LogP contribution in [-0.4, -0.2) is 64.9 Å². The van der Waals surface area contributed by atoms with Crippen molar-refractivity contribution in [2.75, 3.05) is 25.0 Å². The number of H-pyrrole nitrogens is 1. The predicted octanol–water partition coefficient (Wildman–Crippen LogP) is 3.83. The molecule has 0 bridgehead atoms. The van der Waals surface area contributed by atoms with Gasteiger partial charge in [-0.3, -0.25) is 19.6 Å². The highest BCUT2D eigenvalue weighted by Crippen LogP contribution is 2.39. The second-order valence-corrected chi connectivity index (χ2v) is 10.6. The van der Waals surface area contributed by atoms with Gasteiger partial charge >= 0.3 is 6.36 Å². The van der Waals surface area contributed by atoms with E-state index in [1.165, 1.54) is 11.3 Å². The van der Waals surface area contributed by atoms with Crippen molar-refractivity contribution in [1.82, 2.24) is 25.6 Å². The Morgan fingerprint density at radius 1 is 1.15 bits per heavy atom. The first kappa shape index (κ1) is 25.5. The SMILES string of the molecule is CNC1(C)CCN(c2nc(C3=C(c4c[nH]c5ccsc45)C(=O)NC3=O)c3ccccc3n2)CC1OC(F)(F)F. The summed E-state index contributed by atoms with van der Waals surface area (Å²) in [5.41, 5.74) is 1.47. The number of aromatic amines is 1. The number of nitrogens with one attached hydrogen (secondary N) is 3. The highest BCUT2D eigenvalue weighted by Gasteiger charge is 2.46. The summed E-state index contributed by atoms with van der Waals surface area (Å²) in [5.74, 6) is -1.00. The van der Waals surface area contributed by atoms with E-state index in [4.69, 9.17) is 4.98 Å². The molecule has 0 saturated carbocycles. The quantitative estimate of drug-likeness (QED) is 0.321. The van der Waals surface area contributed by atoms with Crippen LogP contribution in [-0.2, 0) is 14.3 Å². The van der Waals surface area contributed by atoms with E-state index in [-0.39, 0.29) is 29.3 Å². The maximum Gasteiger partial charge on any atom is 0.522 e. The molecule has 2 aliphatic rings. The smallest absolute Gasteiger partial charge is 0.360 e. The molecule has 9 nitrogen and oxygen atoms in total. The number of carbonyl (C=O) groups is 2. The Labute approximate surface area is 224 Å². The molecule has 1 fully saturated rings. The zero-order chi connectivity index (χ0) is 27.5. The monoisotopic (exact) mass is 556 g/mol. The molecule has 2 amide bonds. The van der Waals surface area contributed by atoms with Crippen LogP contribution in [0.4, 0.5) is 19.1 Å². The molecule has 1 saturated heterocycles. The van der Waals surface area contributed by atoms with Crippen molar-refractivity contribution in [3.63, 3.8) is 0 Å². The first-order valence-electron chi connectivity index (χ1n) is 12.2. The van der Waals surface area contributed by atoms with E-state index in [9.17, 15) is 22.8 Å². The van der Waals surface area contributed by atoms with Crippen LogP contribution in [0.3, 0.4) is 0 Å². The Morgan fingerprint density at radius 3 is 2.69 bits per heavy atom. The lowest BCUT2D eigenvalue weighted by molar-refractivity contribution is -0.350. The van der Waals surface area contributed by atoms with Crippen molar-refractivity contribution < 1.29 is 27.5 Å². The number of rotatable bonds is 5. The fourth-order valence-corrected chi connectivity index (χ4v) is 6.07. The lowest BCUT2D eigenvalue weighted by atomic mass is 9.87. The summed E-state index contributed by atoms with van der Waals surface area (Å²) in [6.07, 6.45) is -4.07. The van der Waals surface area contributed by atoms with Crippen LogP contribution in [0.25, 0.3) is 32.3 Å². The number of carbonyl (C=O) groups excluding carboxylic acids is 2. The number of hydrogen-bond acceptors (Lipinski definition) is 8. The van der Waals surface area contributed by atoms with Gasteiger partial charge in [0, 0.05) is 35.8 Å². The fourth-order valence-electron chi connectivity index (χ4n) is 5.18. The van der Waals surface area contributed by atoms with Gasteiger partial charge in [0.25, 0.3) is 11.8 Å². The molecule has 0 aliphatic carbocycles. The van der Waals surface area contributed by atoms with Crippen LogP contribution in [0.15, 0.2) is 41.9 Å². The molecule has 1 aromatic carbocycles. The average molecular weight is 557 g/mol. The van der Waals surface area contributed by atoms with E-state index in [0.29, 0.717) is 29.4 Å². The van der Waals surface area contributed by atoms with Gasteiger partial charge in [0.05, 0.1) is 32.6 Å². The maximum atomic E-state index is 13.3. The molecule has 202 valence electrons. The number of halogens is 3. The van der Waals surface area contributed by atoms with Gasteiger partial charge in [0.2, 0.25) is 5.95 Å². The second kappa shape index (κ2) is 9.14. The van der Waals surface area contributed by atoms with Crippen LogP contribution < -0.4 is 15.5 Å². The zero-order valence-corrected chi connectivity index (χ0v) is 21.7. The summed E-state index contributed by atoms with van der Waals surface area (Å²) in [4.78, 5) is 40.3. The van der Waals surface area contributed by atoms with Crippen LogP contribution >= 0.6 is 11.3 Å². The minimum Gasteiger partial charge on any atom is -0.360 e. The summed E-state index contributed by atoms with van der Waals surface area (Å²) in [5, 5.41) is 7.77. The highest BCUT2D eigenvalue weighted by atomic mass is 32.1. The van der Waals surface area contributed by atoms with Crippen LogP contribution in [0.5, 0.6) is 0 Å². The molecule has 3 N–H and O–H groups in total. The Morgan fingerprint density at radius 2 is 1.92 bits per heavy atom. The molecule has 2 unspecified atom stereocenters. The summed E-state index contributed by atoms with van der Waals surface area (Å²) < 4.78 is 45.2. The Bertz CT molecular complexity index is 1660. The first-order valence-corrected chi connectivity index (χ1v) is 13.1. The van der Waals surface area contributed by atoms with Gasteiger partial charge in [0.15, 0.2) is 0 Å². The molecule has 2 aliphatic heterocycles. The summed E-state index contributed by atoms with van der Waals surface area (Å²) in [6.45, 7) is 1.89. The molecule has 13 heteroatoms. The second-order valence-electron chi connectivity index (χ2n) is 9.70. The first-order chi connectivity index (χ1) is 18.6. The van der Waals surface area contributed by atoms with Gasteiger partial charge in [0.1, 0.15) is 6.10 Å². The van der Waals surface area contributed by atoms with E-state index in [1.807, 2.05) is 11.4 Å². The van der Waals surface area contributed by atoms with Crippen LogP contribution in [0.1, 0.15) is 24.6 Å². The summed E-state index contributed by atoms with van der Waals surface area (Å²) >= 11 is 1.43. The lowest BCUT2D eigenvalue weighted by Gasteiger charge is -2.45. The number of nitrogens with zero attached hydrogens (tertiary/aromatic N) is 3. The number of para-hydroxylation sites is 1. The van der Waals surface area contributed by atoms with Crippen molar-refractivity contribution in [2.45, 2.75) is 31.3 Å². The summed E-state index contributed by atoms with van der Waals surface area (Å²) in [7, 11) is 1.60. The normalized spacial score (nSPS) is 22.4. The minimum atomic E-state index is -4.83. The van der Waals surface area contributed by atoms with Gasteiger partial charge in [-0.2, -0.15) is 0 Å². The number of imide groups is 1. The fraction of sp³-hybridized carbons (Fsp3) is 0.308.